The zero-order valence-corrected chi connectivity index (χ0v) is 17.2. The van der Waals surface area contributed by atoms with Crippen molar-refractivity contribution in [3.05, 3.63) is 82.9 Å². The molecule has 1 N–H and O–H groups in total. The molecule has 4 rings (SSSR count). The number of nitrogens with one attached hydrogen (secondary N) is 1. The fourth-order valence-corrected chi connectivity index (χ4v) is 3.77. The van der Waals surface area contributed by atoms with Gasteiger partial charge in [-0.3, -0.25) is 9.48 Å². The fourth-order valence-electron chi connectivity index (χ4n) is 3.60. The monoisotopic (exact) mass is 403 g/mol. The zero-order chi connectivity index (χ0) is 20.4. The maximum absolute atomic E-state index is 12.9. The van der Waals surface area contributed by atoms with Crippen molar-refractivity contribution >= 4 is 34.1 Å². The summed E-state index contributed by atoms with van der Waals surface area (Å²) < 4.78 is 1.74. The molecule has 0 unspecified atom stereocenters. The van der Waals surface area contributed by atoms with Gasteiger partial charge in [0, 0.05) is 21.7 Å². The van der Waals surface area contributed by atoms with Gasteiger partial charge < -0.3 is 5.32 Å². The third kappa shape index (κ3) is 3.89. The second-order valence-electron chi connectivity index (χ2n) is 7.04. The van der Waals surface area contributed by atoms with Gasteiger partial charge >= 0.3 is 0 Å². The second-order valence-corrected chi connectivity index (χ2v) is 7.48. The van der Waals surface area contributed by atoms with E-state index in [2.05, 4.69) is 12.2 Å². The molecule has 0 bridgehead atoms. The number of rotatable bonds is 5. The highest BCUT2D eigenvalue weighted by atomic mass is 35.5. The summed E-state index contributed by atoms with van der Waals surface area (Å²) in [4.78, 5) is 12.9. The minimum Gasteiger partial charge on any atom is -0.324 e. The van der Waals surface area contributed by atoms with E-state index in [9.17, 15) is 4.79 Å². The number of halogens is 1. The van der Waals surface area contributed by atoms with Crippen LogP contribution in [0.2, 0.25) is 5.02 Å². The highest BCUT2D eigenvalue weighted by Gasteiger charge is 2.16. The lowest BCUT2D eigenvalue weighted by Crippen LogP contribution is -2.20. The molecule has 4 nitrogen and oxygen atoms in total. The minimum absolute atomic E-state index is 0.104. The van der Waals surface area contributed by atoms with Crippen LogP contribution in [-0.4, -0.2) is 15.7 Å². The highest BCUT2D eigenvalue weighted by molar-refractivity contribution is 6.31. The van der Waals surface area contributed by atoms with Gasteiger partial charge in [-0.05, 0) is 42.7 Å². The molecule has 1 amide bonds. The fraction of sp³-hybridized carbons (Fsp3) is 0.167. The Bertz CT molecular complexity index is 1180. The lowest BCUT2D eigenvalue weighted by atomic mass is 10.1. The number of aryl methyl sites for hydroxylation is 2. The predicted molar refractivity (Wildman–Crippen MR) is 119 cm³/mol. The molecule has 0 saturated heterocycles. The summed E-state index contributed by atoms with van der Waals surface area (Å²) in [5.74, 6) is -0.104. The van der Waals surface area contributed by atoms with Gasteiger partial charge in [-0.2, -0.15) is 5.10 Å². The predicted octanol–water partition coefficient (Wildman–Crippen LogP) is 5.87. The molecule has 4 aromatic rings. The van der Waals surface area contributed by atoms with E-state index in [1.165, 1.54) is 0 Å². The average Bonchev–Trinajstić information content (AvgIpc) is 3.07. The van der Waals surface area contributed by atoms with Crippen LogP contribution in [0.5, 0.6) is 0 Å². The van der Waals surface area contributed by atoms with Crippen LogP contribution < -0.4 is 5.32 Å². The molecular formula is C24H22ClN3O. The van der Waals surface area contributed by atoms with E-state index in [0.717, 1.165) is 45.4 Å². The maximum atomic E-state index is 12.9. The van der Waals surface area contributed by atoms with E-state index in [1.54, 1.807) is 4.68 Å². The van der Waals surface area contributed by atoms with Crippen LogP contribution in [0.25, 0.3) is 22.2 Å². The number of carbonyl (C=O) groups is 1. The van der Waals surface area contributed by atoms with Crippen LogP contribution in [0.4, 0.5) is 5.69 Å². The Hall–Kier alpha value is -3.11. The number of carbonyl (C=O) groups excluding carboxylic acids is 1. The number of benzene rings is 3. The summed E-state index contributed by atoms with van der Waals surface area (Å²) in [6, 6.07) is 21.6. The quantitative estimate of drug-likeness (QED) is 0.453. The molecule has 0 aliphatic carbocycles. The lowest BCUT2D eigenvalue weighted by molar-refractivity contribution is -0.116. The summed E-state index contributed by atoms with van der Waals surface area (Å²) in [7, 11) is 0. The standard InChI is InChI=1S/C24H22ClN3O/c1-3-17-11-7-8-16(2)23(17)26-22(29)15-28-21-13-12-19(25)14-20(21)24(27-28)18-9-5-4-6-10-18/h4-14H,3,15H2,1-2H3,(H,26,29). The van der Waals surface area contributed by atoms with Gasteiger partial charge in [0.1, 0.15) is 12.2 Å². The molecule has 0 fully saturated rings. The van der Waals surface area contributed by atoms with Gasteiger partial charge in [0.05, 0.1) is 5.52 Å². The molecule has 0 aliphatic heterocycles. The molecule has 0 atom stereocenters. The second kappa shape index (κ2) is 8.10. The van der Waals surface area contributed by atoms with Crippen molar-refractivity contribution in [1.82, 2.24) is 9.78 Å². The third-order valence-electron chi connectivity index (χ3n) is 5.06. The largest absolute Gasteiger partial charge is 0.324 e. The van der Waals surface area contributed by atoms with E-state index < -0.39 is 0 Å². The number of aromatic nitrogens is 2. The molecule has 29 heavy (non-hydrogen) atoms. The van der Waals surface area contributed by atoms with Crippen molar-refractivity contribution in [2.45, 2.75) is 26.8 Å². The van der Waals surface area contributed by atoms with Crippen LogP contribution in [0.1, 0.15) is 18.1 Å². The maximum Gasteiger partial charge on any atom is 0.246 e. The molecule has 5 heteroatoms. The molecule has 146 valence electrons. The number of nitrogens with zero attached hydrogens (tertiary/aromatic N) is 2. The first kappa shape index (κ1) is 19.2. The summed E-state index contributed by atoms with van der Waals surface area (Å²) in [5, 5.41) is 9.40. The number of fused-ring (bicyclic) bond motifs is 1. The Morgan fingerprint density at radius 1 is 1.07 bits per heavy atom. The van der Waals surface area contributed by atoms with Crippen molar-refractivity contribution < 1.29 is 4.79 Å². The Morgan fingerprint density at radius 2 is 1.86 bits per heavy atom. The van der Waals surface area contributed by atoms with Crippen molar-refractivity contribution in [1.29, 1.82) is 0 Å². The number of hydrogen-bond donors (Lipinski definition) is 1. The Labute approximate surface area is 175 Å². The first-order chi connectivity index (χ1) is 14.1. The van der Waals surface area contributed by atoms with Crippen LogP contribution in [-0.2, 0) is 17.8 Å². The van der Waals surface area contributed by atoms with Crippen molar-refractivity contribution in [2.24, 2.45) is 0 Å². The van der Waals surface area contributed by atoms with Crippen LogP contribution in [0, 0.1) is 6.92 Å². The Balaban J connectivity index is 1.69. The van der Waals surface area contributed by atoms with E-state index in [-0.39, 0.29) is 12.5 Å². The summed E-state index contributed by atoms with van der Waals surface area (Å²) in [5.41, 5.74) is 5.76. The van der Waals surface area contributed by atoms with Gasteiger partial charge in [-0.15, -0.1) is 0 Å². The number of anilines is 1. The normalized spacial score (nSPS) is 11.0. The molecule has 0 aliphatic rings. The minimum atomic E-state index is -0.104. The smallest absolute Gasteiger partial charge is 0.246 e. The van der Waals surface area contributed by atoms with Crippen LogP contribution in [0.15, 0.2) is 66.7 Å². The zero-order valence-electron chi connectivity index (χ0n) is 16.4. The van der Waals surface area contributed by atoms with Crippen molar-refractivity contribution in [3.8, 4) is 11.3 Å². The van der Waals surface area contributed by atoms with Gasteiger partial charge in [0.25, 0.3) is 0 Å². The van der Waals surface area contributed by atoms with Gasteiger partial charge in [0.15, 0.2) is 0 Å². The average molecular weight is 404 g/mol. The summed E-state index contributed by atoms with van der Waals surface area (Å²) in [6.07, 6.45) is 0.860. The number of para-hydroxylation sites is 1. The topological polar surface area (TPSA) is 46.9 Å². The Kier molecular flexibility index (Phi) is 5.36. The molecule has 3 aromatic carbocycles. The number of amides is 1. The van der Waals surface area contributed by atoms with E-state index >= 15 is 0 Å². The summed E-state index contributed by atoms with van der Waals surface area (Å²) >= 11 is 6.23. The molecular weight excluding hydrogens is 382 g/mol. The van der Waals surface area contributed by atoms with Crippen molar-refractivity contribution in [3.63, 3.8) is 0 Å². The Morgan fingerprint density at radius 3 is 2.62 bits per heavy atom. The molecule has 0 saturated carbocycles. The first-order valence-electron chi connectivity index (χ1n) is 9.66. The van der Waals surface area contributed by atoms with Crippen LogP contribution in [0.3, 0.4) is 0 Å². The lowest BCUT2D eigenvalue weighted by Gasteiger charge is -2.13. The molecule has 0 radical (unpaired) electrons. The SMILES string of the molecule is CCc1cccc(C)c1NC(=O)Cn1nc(-c2ccccc2)c2cc(Cl)ccc21. The van der Waals surface area contributed by atoms with E-state index in [1.807, 2.05) is 73.7 Å². The van der Waals surface area contributed by atoms with Crippen LogP contribution >= 0.6 is 11.6 Å². The third-order valence-corrected chi connectivity index (χ3v) is 5.29. The molecule has 1 aromatic heterocycles. The van der Waals surface area contributed by atoms with Crippen molar-refractivity contribution in [2.75, 3.05) is 5.32 Å². The molecule has 1 heterocycles. The van der Waals surface area contributed by atoms with E-state index in [4.69, 9.17) is 16.7 Å². The molecule has 0 spiro atoms. The van der Waals surface area contributed by atoms with Gasteiger partial charge in [-0.25, -0.2) is 0 Å². The van der Waals surface area contributed by atoms with Gasteiger partial charge in [0.2, 0.25) is 5.91 Å². The van der Waals surface area contributed by atoms with Gasteiger partial charge in [-0.1, -0.05) is 67.1 Å². The first-order valence-corrected chi connectivity index (χ1v) is 10.0. The summed E-state index contributed by atoms with van der Waals surface area (Å²) in [6.45, 7) is 4.22. The highest BCUT2D eigenvalue weighted by Crippen LogP contribution is 2.30. The number of hydrogen-bond acceptors (Lipinski definition) is 2. The van der Waals surface area contributed by atoms with E-state index in [0.29, 0.717) is 5.02 Å².